The molecule has 0 saturated heterocycles. The van der Waals surface area contributed by atoms with Crippen molar-refractivity contribution < 1.29 is 9.59 Å². The van der Waals surface area contributed by atoms with Gasteiger partial charge in [-0.1, -0.05) is 60.7 Å². The highest BCUT2D eigenvalue weighted by molar-refractivity contribution is 5.95. The third-order valence-corrected chi connectivity index (χ3v) is 4.00. The first kappa shape index (κ1) is 16.7. The molecule has 0 aliphatic heterocycles. The van der Waals surface area contributed by atoms with Crippen LogP contribution in [0.15, 0.2) is 72.8 Å². The maximum absolute atomic E-state index is 12.5. The van der Waals surface area contributed by atoms with E-state index in [1.54, 1.807) is 0 Å². The van der Waals surface area contributed by atoms with E-state index in [0.717, 1.165) is 22.0 Å². The van der Waals surface area contributed by atoms with Crippen LogP contribution in [0.2, 0.25) is 0 Å². The van der Waals surface area contributed by atoms with E-state index >= 15 is 0 Å². The van der Waals surface area contributed by atoms with Gasteiger partial charge in [0.1, 0.15) is 0 Å². The predicted octanol–water partition coefficient (Wildman–Crippen LogP) is 4.05. The van der Waals surface area contributed by atoms with Crippen LogP contribution < -0.4 is 10.6 Å². The molecule has 25 heavy (non-hydrogen) atoms. The van der Waals surface area contributed by atoms with Crippen molar-refractivity contribution in [2.75, 3.05) is 5.32 Å². The molecule has 3 aromatic carbocycles. The molecule has 3 rings (SSSR count). The molecule has 0 heterocycles. The van der Waals surface area contributed by atoms with Crippen molar-refractivity contribution in [3.05, 3.63) is 78.4 Å². The van der Waals surface area contributed by atoms with E-state index in [2.05, 4.69) is 10.6 Å². The summed E-state index contributed by atoms with van der Waals surface area (Å²) in [7, 11) is 0. The van der Waals surface area contributed by atoms with Crippen LogP contribution in [-0.4, -0.2) is 11.8 Å². The normalized spacial score (nSPS) is 11.7. The summed E-state index contributed by atoms with van der Waals surface area (Å²) in [6.45, 7) is 1.46. The van der Waals surface area contributed by atoms with Gasteiger partial charge in [0.15, 0.2) is 0 Å². The lowest BCUT2D eigenvalue weighted by molar-refractivity contribution is -0.120. The van der Waals surface area contributed by atoms with Crippen LogP contribution in [0.1, 0.15) is 24.9 Å². The highest BCUT2D eigenvalue weighted by Gasteiger charge is 2.17. The van der Waals surface area contributed by atoms with Crippen molar-refractivity contribution in [3.8, 4) is 0 Å². The fourth-order valence-electron chi connectivity index (χ4n) is 2.85. The average Bonchev–Trinajstić information content (AvgIpc) is 2.61. The molecular formula is C21H20N2O2. The van der Waals surface area contributed by atoms with Crippen molar-refractivity contribution in [1.29, 1.82) is 0 Å². The van der Waals surface area contributed by atoms with Crippen molar-refractivity contribution >= 4 is 28.3 Å². The molecular weight excluding hydrogens is 312 g/mol. The van der Waals surface area contributed by atoms with Gasteiger partial charge in [-0.2, -0.15) is 0 Å². The number of carbonyl (C=O) groups is 2. The molecule has 0 spiro atoms. The molecule has 2 N–H and O–H groups in total. The van der Waals surface area contributed by atoms with E-state index in [1.807, 2.05) is 72.8 Å². The number of fused-ring (bicyclic) bond motifs is 1. The first-order valence-corrected chi connectivity index (χ1v) is 8.22. The van der Waals surface area contributed by atoms with Crippen LogP contribution in [-0.2, 0) is 9.59 Å². The summed E-state index contributed by atoms with van der Waals surface area (Å²) in [6.07, 6.45) is 0.177. The first-order chi connectivity index (χ1) is 12.1. The molecule has 0 aromatic heterocycles. The van der Waals surface area contributed by atoms with E-state index in [0.29, 0.717) is 0 Å². The minimum absolute atomic E-state index is 0.141. The number of amides is 2. The molecule has 0 bridgehead atoms. The van der Waals surface area contributed by atoms with Crippen LogP contribution in [0.4, 0.5) is 5.69 Å². The smallest absolute Gasteiger partial charge is 0.226 e. The molecule has 0 aliphatic carbocycles. The molecule has 0 aliphatic rings. The maximum atomic E-state index is 12.5. The van der Waals surface area contributed by atoms with Gasteiger partial charge >= 0.3 is 0 Å². The fraction of sp³-hybridized carbons (Fsp3) is 0.143. The largest absolute Gasteiger partial charge is 0.349 e. The molecule has 4 nitrogen and oxygen atoms in total. The van der Waals surface area contributed by atoms with Gasteiger partial charge in [0.05, 0.1) is 12.5 Å². The number of hydrogen-bond donors (Lipinski definition) is 2. The molecule has 3 aromatic rings. The van der Waals surface area contributed by atoms with Gasteiger partial charge in [0, 0.05) is 12.6 Å². The summed E-state index contributed by atoms with van der Waals surface area (Å²) in [4.78, 5) is 23.9. The Bertz CT molecular complexity index is 891. The molecule has 1 atom stereocenters. The van der Waals surface area contributed by atoms with E-state index in [1.165, 1.54) is 6.92 Å². The lowest BCUT2D eigenvalue weighted by Crippen LogP contribution is -2.29. The van der Waals surface area contributed by atoms with Crippen molar-refractivity contribution in [2.24, 2.45) is 0 Å². The zero-order valence-corrected chi connectivity index (χ0v) is 14.0. The number of benzene rings is 3. The number of carbonyl (C=O) groups excluding carboxylic acids is 2. The minimum atomic E-state index is -0.348. The standard InChI is InChI=1S/C21H20N2O2/c1-15(24)22-20(17-8-3-2-4-9-17)14-21(25)23-19-12-11-16-7-5-6-10-18(16)13-19/h2-13,20H,14H2,1H3,(H,22,24)(H,23,25)/t20-/m1/s1. The number of nitrogens with one attached hydrogen (secondary N) is 2. The molecule has 0 unspecified atom stereocenters. The molecule has 0 saturated carbocycles. The Balaban J connectivity index is 1.73. The summed E-state index contributed by atoms with van der Waals surface area (Å²) in [5.41, 5.74) is 1.66. The Morgan fingerprint density at radius 2 is 1.56 bits per heavy atom. The van der Waals surface area contributed by atoms with Crippen LogP contribution in [0.5, 0.6) is 0 Å². The second-order valence-electron chi connectivity index (χ2n) is 5.98. The molecule has 0 radical (unpaired) electrons. The first-order valence-electron chi connectivity index (χ1n) is 8.22. The minimum Gasteiger partial charge on any atom is -0.349 e. The van der Waals surface area contributed by atoms with Gasteiger partial charge in [0.2, 0.25) is 11.8 Å². The third kappa shape index (κ3) is 4.44. The zero-order valence-electron chi connectivity index (χ0n) is 14.0. The number of rotatable bonds is 5. The average molecular weight is 332 g/mol. The van der Waals surface area contributed by atoms with Crippen molar-refractivity contribution in [3.63, 3.8) is 0 Å². The summed E-state index contributed by atoms with van der Waals surface area (Å²) >= 11 is 0. The summed E-state index contributed by atoms with van der Waals surface area (Å²) in [5, 5.41) is 7.96. The van der Waals surface area contributed by atoms with Crippen LogP contribution >= 0.6 is 0 Å². The summed E-state index contributed by atoms with van der Waals surface area (Å²) in [6, 6.07) is 23.0. The van der Waals surface area contributed by atoms with Gasteiger partial charge < -0.3 is 10.6 Å². The topological polar surface area (TPSA) is 58.2 Å². The van der Waals surface area contributed by atoms with Crippen molar-refractivity contribution in [1.82, 2.24) is 5.32 Å². The fourth-order valence-corrected chi connectivity index (χ4v) is 2.85. The van der Waals surface area contributed by atoms with E-state index in [9.17, 15) is 9.59 Å². The van der Waals surface area contributed by atoms with Crippen LogP contribution in [0.3, 0.4) is 0 Å². The third-order valence-electron chi connectivity index (χ3n) is 4.00. The summed E-state index contributed by atoms with van der Waals surface area (Å²) < 4.78 is 0. The number of hydrogen-bond acceptors (Lipinski definition) is 2. The van der Waals surface area contributed by atoms with Gasteiger partial charge in [-0.25, -0.2) is 0 Å². The lowest BCUT2D eigenvalue weighted by atomic mass is 10.0. The SMILES string of the molecule is CC(=O)N[C@H](CC(=O)Nc1ccc2ccccc2c1)c1ccccc1. The van der Waals surface area contributed by atoms with Gasteiger partial charge in [-0.15, -0.1) is 0 Å². The Morgan fingerprint density at radius 3 is 2.28 bits per heavy atom. The van der Waals surface area contributed by atoms with E-state index in [4.69, 9.17) is 0 Å². The summed E-state index contributed by atoms with van der Waals surface area (Å²) in [5.74, 6) is -0.301. The monoisotopic (exact) mass is 332 g/mol. The Labute approximate surface area is 146 Å². The van der Waals surface area contributed by atoms with E-state index < -0.39 is 0 Å². The van der Waals surface area contributed by atoms with Gasteiger partial charge in [-0.3, -0.25) is 9.59 Å². The quantitative estimate of drug-likeness (QED) is 0.740. The lowest BCUT2D eigenvalue weighted by Gasteiger charge is -2.18. The maximum Gasteiger partial charge on any atom is 0.226 e. The second kappa shape index (κ2) is 7.62. The van der Waals surface area contributed by atoms with Gasteiger partial charge in [-0.05, 0) is 28.5 Å². The Morgan fingerprint density at radius 1 is 0.880 bits per heavy atom. The zero-order chi connectivity index (χ0) is 17.6. The second-order valence-corrected chi connectivity index (χ2v) is 5.98. The highest BCUT2D eigenvalue weighted by Crippen LogP contribution is 2.21. The molecule has 126 valence electrons. The predicted molar refractivity (Wildman–Crippen MR) is 100 cm³/mol. The molecule has 2 amide bonds. The van der Waals surface area contributed by atoms with Crippen LogP contribution in [0.25, 0.3) is 10.8 Å². The van der Waals surface area contributed by atoms with E-state index in [-0.39, 0.29) is 24.3 Å². The van der Waals surface area contributed by atoms with Gasteiger partial charge in [0.25, 0.3) is 0 Å². The molecule has 0 fully saturated rings. The highest BCUT2D eigenvalue weighted by atomic mass is 16.2. The van der Waals surface area contributed by atoms with Crippen molar-refractivity contribution in [2.45, 2.75) is 19.4 Å². The van der Waals surface area contributed by atoms with Crippen LogP contribution in [0, 0.1) is 0 Å². The number of anilines is 1. The molecule has 4 heteroatoms. The Hall–Kier alpha value is -3.14. The Kier molecular flexibility index (Phi) is 5.09.